The molecule has 0 atom stereocenters. The van der Waals surface area contributed by atoms with Crippen LogP contribution in [0.1, 0.15) is 11.1 Å². The maximum absolute atomic E-state index is 11.8. The highest BCUT2D eigenvalue weighted by molar-refractivity contribution is 6.35. The molecule has 5 nitrogen and oxygen atoms in total. The van der Waals surface area contributed by atoms with E-state index in [0.717, 1.165) is 10.8 Å². The zero-order chi connectivity index (χ0) is 14.2. The summed E-state index contributed by atoms with van der Waals surface area (Å²) in [5.74, 6) is 0. The molecule has 0 bridgehead atoms. The number of nitrogens with one attached hydrogen (secondary N) is 1. The summed E-state index contributed by atoms with van der Waals surface area (Å²) in [6.07, 6.45) is 1.16. The van der Waals surface area contributed by atoms with Crippen LogP contribution in [0.15, 0.2) is 27.9 Å². The molecule has 0 spiro atoms. The SMILES string of the molecule is Cc1c(Cl)cc(Cl)cc1-n1cc(C#N)c(=O)[nH]c1=O. The first-order valence-electron chi connectivity index (χ1n) is 5.16. The standard InChI is InChI=1S/C12H7Cl2N3O2/c1-6-9(14)2-8(13)3-10(6)17-5-7(4-15)11(18)16-12(17)19/h2-3,5H,1H3,(H,16,18,19). The van der Waals surface area contributed by atoms with E-state index in [1.165, 1.54) is 6.07 Å². The van der Waals surface area contributed by atoms with Crippen LogP contribution in [0.5, 0.6) is 0 Å². The summed E-state index contributed by atoms with van der Waals surface area (Å²) >= 11 is 11.9. The van der Waals surface area contributed by atoms with Gasteiger partial charge in [-0.15, -0.1) is 0 Å². The fourth-order valence-electron chi connectivity index (χ4n) is 1.61. The normalized spacial score (nSPS) is 10.2. The molecule has 1 aromatic heterocycles. The van der Waals surface area contributed by atoms with Gasteiger partial charge in [0.2, 0.25) is 0 Å². The Bertz CT molecular complexity index is 815. The van der Waals surface area contributed by atoms with Gasteiger partial charge in [-0.25, -0.2) is 4.79 Å². The monoisotopic (exact) mass is 295 g/mol. The largest absolute Gasteiger partial charge is 0.332 e. The molecule has 1 heterocycles. The minimum absolute atomic E-state index is 0.171. The van der Waals surface area contributed by atoms with Gasteiger partial charge in [-0.3, -0.25) is 14.3 Å². The predicted molar refractivity (Wildman–Crippen MR) is 72.1 cm³/mol. The second kappa shape index (κ2) is 4.92. The lowest BCUT2D eigenvalue weighted by Gasteiger charge is -2.10. The molecule has 0 fully saturated rings. The molecular formula is C12H7Cl2N3O2. The minimum atomic E-state index is -0.727. The summed E-state index contributed by atoms with van der Waals surface area (Å²) in [7, 11) is 0. The van der Waals surface area contributed by atoms with Gasteiger partial charge in [-0.05, 0) is 24.6 Å². The summed E-state index contributed by atoms with van der Waals surface area (Å²) in [6.45, 7) is 1.71. The van der Waals surface area contributed by atoms with E-state index in [1.807, 2.05) is 0 Å². The molecule has 0 radical (unpaired) electrons. The Hall–Kier alpha value is -2.03. The molecule has 0 aliphatic heterocycles. The molecule has 1 N–H and O–H groups in total. The first-order valence-corrected chi connectivity index (χ1v) is 5.91. The van der Waals surface area contributed by atoms with Crippen LogP contribution in [0.4, 0.5) is 0 Å². The van der Waals surface area contributed by atoms with Gasteiger partial charge in [0.05, 0.1) is 5.69 Å². The number of hydrogen-bond donors (Lipinski definition) is 1. The van der Waals surface area contributed by atoms with Crippen molar-refractivity contribution in [1.29, 1.82) is 5.26 Å². The second-order valence-electron chi connectivity index (χ2n) is 3.82. The van der Waals surface area contributed by atoms with E-state index in [9.17, 15) is 9.59 Å². The number of benzene rings is 1. The van der Waals surface area contributed by atoms with Gasteiger partial charge in [-0.1, -0.05) is 23.2 Å². The number of nitrogens with zero attached hydrogens (tertiary/aromatic N) is 2. The van der Waals surface area contributed by atoms with Gasteiger partial charge in [0.1, 0.15) is 11.6 Å². The topological polar surface area (TPSA) is 78.7 Å². The molecular weight excluding hydrogens is 289 g/mol. The summed E-state index contributed by atoms with van der Waals surface area (Å²) in [5, 5.41) is 9.56. The lowest BCUT2D eigenvalue weighted by molar-refractivity contribution is 0.883. The van der Waals surface area contributed by atoms with Crippen LogP contribution in [0.3, 0.4) is 0 Å². The fourth-order valence-corrected chi connectivity index (χ4v) is 2.09. The molecule has 0 aliphatic rings. The third-order valence-corrected chi connectivity index (χ3v) is 3.21. The molecule has 1 aromatic carbocycles. The minimum Gasteiger partial charge on any atom is -0.273 e. The maximum Gasteiger partial charge on any atom is 0.332 e. The van der Waals surface area contributed by atoms with Gasteiger partial charge in [0, 0.05) is 16.2 Å². The van der Waals surface area contributed by atoms with Crippen molar-refractivity contribution in [3.63, 3.8) is 0 Å². The molecule has 2 aromatic rings. The van der Waals surface area contributed by atoms with Crippen molar-refractivity contribution in [2.45, 2.75) is 6.92 Å². The Kier molecular flexibility index (Phi) is 3.47. The Morgan fingerprint density at radius 1 is 1.32 bits per heavy atom. The van der Waals surface area contributed by atoms with E-state index in [0.29, 0.717) is 21.3 Å². The second-order valence-corrected chi connectivity index (χ2v) is 4.66. The highest BCUT2D eigenvalue weighted by atomic mass is 35.5. The predicted octanol–water partition coefficient (Wildman–Crippen LogP) is 2.01. The molecule has 96 valence electrons. The summed E-state index contributed by atoms with van der Waals surface area (Å²) in [4.78, 5) is 25.2. The number of H-pyrrole nitrogens is 1. The van der Waals surface area contributed by atoms with E-state index < -0.39 is 11.2 Å². The zero-order valence-corrected chi connectivity index (χ0v) is 11.2. The summed E-state index contributed by atoms with van der Waals surface area (Å²) in [5.41, 5.74) is -0.533. The van der Waals surface area contributed by atoms with Gasteiger partial charge in [0.15, 0.2) is 0 Å². The van der Waals surface area contributed by atoms with E-state index in [2.05, 4.69) is 4.98 Å². The Balaban J connectivity index is 2.84. The van der Waals surface area contributed by atoms with Crippen molar-refractivity contribution < 1.29 is 0 Å². The molecule has 0 amide bonds. The van der Waals surface area contributed by atoms with Crippen LogP contribution >= 0.6 is 23.2 Å². The molecule has 0 unspecified atom stereocenters. The molecule has 2 rings (SSSR count). The van der Waals surface area contributed by atoms with Crippen molar-refractivity contribution in [3.8, 4) is 11.8 Å². The van der Waals surface area contributed by atoms with Crippen molar-refractivity contribution in [2.24, 2.45) is 0 Å². The first kappa shape index (κ1) is 13.4. The number of hydrogen-bond acceptors (Lipinski definition) is 3. The smallest absolute Gasteiger partial charge is 0.273 e. The van der Waals surface area contributed by atoms with Gasteiger partial charge < -0.3 is 0 Å². The van der Waals surface area contributed by atoms with Gasteiger partial charge in [-0.2, -0.15) is 5.26 Å². The molecule has 0 aliphatic carbocycles. The Morgan fingerprint density at radius 2 is 2.00 bits per heavy atom. The first-order chi connectivity index (χ1) is 8.93. The average molecular weight is 296 g/mol. The Labute approximate surface area is 117 Å². The number of aromatic amines is 1. The van der Waals surface area contributed by atoms with Crippen LogP contribution in [0, 0.1) is 18.3 Å². The van der Waals surface area contributed by atoms with E-state index in [-0.39, 0.29) is 5.56 Å². The van der Waals surface area contributed by atoms with Crippen LogP contribution in [0.25, 0.3) is 5.69 Å². The highest BCUT2D eigenvalue weighted by Gasteiger charge is 2.11. The third kappa shape index (κ3) is 2.41. The Morgan fingerprint density at radius 3 is 2.63 bits per heavy atom. The lowest BCUT2D eigenvalue weighted by Crippen LogP contribution is -2.30. The number of nitriles is 1. The lowest BCUT2D eigenvalue weighted by atomic mass is 10.2. The van der Waals surface area contributed by atoms with Gasteiger partial charge >= 0.3 is 5.69 Å². The summed E-state index contributed by atoms with van der Waals surface area (Å²) in [6, 6.07) is 4.79. The quantitative estimate of drug-likeness (QED) is 0.874. The maximum atomic E-state index is 11.8. The zero-order valence-electron chi connectivity index (χ0n) is 9.70. The number of aromatic nitrogens is 2. The van der Waals surface area contributed by atoms with Gasteiger partial charge in [0.25, 0.3) is 5.56 Å². The third-order valence-electron chi connectivity index (χ3n) is 2.60. The van der Waals surface area contributed by atoms with Crippen molar-refractivity contribution in [2.75, 3.05) is 0 Å². The van der Waals surface area contributed by atoms with E-state index >= 15 is 0 Å². The molecule has 19 heavy (non-hydrogen) atoms. The molecule has 0 saturated carbocycles. The van der Waals surface area contributed by atoms with Crippen molar-refractivity contribution in [1.82, 2.24) is 9.55 Å². The highest BCUT2D eigenvalue weighted by Crippen LogP contribution is 2.26. The van der Waals surface area contributed by atoms with E-state index in [4.69, 9.17) is 28.5 Å². The van der Waals surface area contributed by atoms with Crippen LogP contribution in [0.2, 0.25) is 10.0 Å². The molecule has 7 heteroatoms. The van der Waals surface area contributed by atoms with Crippen molar-refractivity contribution >= 4 is 23.2 Å². The summed E-state index contributed by atoms with van der Waals surface area (Å²) < 4.78 is 1.13. The van der Waals surface area contributed by atoms with Crippen LogP contribution in [-0.2, 0) is 0 Å². The number of halogens is 2. The van der Waals surface area contributed by atoms with Crippen LogP contribution in [-0.4, -0.2) is 9.55 Å². The van der Waals surface area contributed by atoms with Crippen molar-refractivity contribution in [3.05, 3.63) is 60.3 Å². The fraction of sp³-hybridized carbons (Fsp3) is 0.0833. The number of rotatable bonds is 1. The molecule has 0 saturated heterocycles. The van der Waals surface area contributed by atoms with Crippen LogP contribution < -0.4 is 11.2 Å². The van der Waals surface area contributed by atoms with E-state index in [1.54, 1.807) is 19.1 Å². The average Bonchev–Trinajstić information content (AvgIpc) is 2.34.